The van der Waals surface area contributed by atoms with Gasteiger partial charge in [-0.25, -0.2) is 4.98 Å². The number of hydrogen-bond acceptors (Lipinski definition) is 3. The van der Waals surface area contributed by atoms with Crippen molar-refractivity contribution in [2.24, 2.45) is 5.41 Å². The third kappa shape index (κ3) is 3.34. The molecule has 5 rings (SSSR count). The van der Waals surface area contributed by atoms with Crippen LogP contribution < -0.4 is 4.74 Å². The summed E-state index contributed by atoms with van der Waals surface area (Å²) in [6.07, 6.45) is 5.04. The highest BCUT2D eigenvalue weighted by molar-refractivity contribution is 6.33. The van der Waals surface area contributed by atoms with Gasteiger partial charge in [0.2, 0.25) is 5.88 Å². The Morgan fingerprint density at radius 2 is 1.56 bits per heavy atom. The lowest BCUT2D eigenvalue weighted by atomic mass is 9.62. The largest absolute Gasteiger partial charge is 0.469 e. The Balaban J connectivity index is 1.75. The highest BCUT2D eigenvalue weighted by Gasteiger charge is 2.56. The quantitative estimate of drug-likeness (QED) is 0.384. The number of hydrogen-bond donors (Lipinski definition) is 0. The lowest BCUT2D eigenvalue weighted by Crippen LogP contribution is -2.57. The van der Waals surface area contributed by atoms with Crippen molar-refractivity contribution in [3.63, 3.8) is 0 Å². The molecule has 3 nitrogen and oxygen atoms in total. The van der Waals surface area contributed by atoms with Crippen LogP contribution in [0.3, 0.4) is 0 Å². The number of aromatic nitrogens is 1. The minimum atomic E-state index is -0.620. The standard InChI is InChI=1S/C27H25Cl2NO2/c1-26(2)24(31)21-16-20(17-10-12-18(28)13-11-17)23(19-8-4-5-9-22(19)29)30-25(21)32-27(26)14-6-3-7-15-27/h4-5,8-13,16H,3,6-7,14-15H2,1-2H3. The number of carbonyl (C=O) groups excluding carboxylic acids is 1. The first-order chi connectivity index (χ1) is 15.3. The molecule has 0 unspecified atom stereocenters. The molecule has 1 saturated carbocycles. The number of rotatable bonds is 2. The molecule has 0 N–H and O–H groups in total. The summed E-state index contributed by atoms with van der Waals surface area (Å²) >= 11 is 12.7. The third-order valence-electron chi connectivity index (χ3n) is 7.18. The molecule has 3 aromatic rings. The van der Waals surface area contributed by atoms with Crippen LogP contribution in [0.5, 0.6) is 5.88 Å². The number of benzene rings is 2. The molecule has 5 heteroatoms. The fraction of sp³-hybridized carbons (Fsp3) is 0.333. The molecule has 2 heterocycles. The number of pyridine rings is 1. The summed E-state index contributed by atoms with van der Waals surface area (Å²) in [5.41, 5.74) is 2.67. The van der Waals surface area contributed by atoms with Crippen molar-refractivity contribution < 1.29 is 9.53 Å². The summed E-state index contributed by atoms with van der Waals surface area (Å²) in [5, 5.41) is 1.25. The minimum absolute atomic E-state index is 0.0917. The van der Waals surface area contributed by atoms with Gasteiger partial charge in [-0.1, -0.05) is 60.0 Å². The smallest absolute Gasteiger partial charge is 0.225 e. The second kappa shape index (κ2) is 7.90. The Morgan fingerprint density at radius 1 is 0.875 bits per heavy atom. The molecular formula is C27H25Cl2NO2. The molecule has 0 saturated heterocycles. The number of fused-ring (bicyclic) bond motifs is 1. The average molecular weight is 466 g/mol. The molecule has 1 spiro atoms. The molecule has 1 aliphatic carbocycles. The Morgan fingerprint density at radius 3 is 2.25 bits per heavy atom. The van der Waals surface area contributed by atoms with Crippen molar-refractivity contribution in [2.75, 3.05) is 0 Å². The van der Waals surface area contributed by atoms with E-state index >= 15 is 0 Å². The van der Waals surface area contributed by atoms with E-state index in [2.05, 4.69) is 0 Å². The zero-order valence-electron chi connectivity index (χ0n) is 18.3. The lowest BCUT2D eigenvalue weighted by Gasteiger charge is -2.50. The van der Waals surface area contributed by atoms with Crippen molar-refractivity contribution in [1.82, 2.24) is 4.98 Å². The van der Waals surface area contributed by atoms with Crippen molar-refractivity contribution in [2.45, 2.75) is 51.6 Å². The molecule has 0 radical (unpaired) electrons. The van der Waals surface area contributed by atoms with Gasteiger partial charge in [0.1, 0.15) is 5.60 Å². The topological polar surface area (TPSA) is 39.2 Å². The highest BCUT2D eigenvalue weighted by Crippen LogP contribution is 2.52. The van der Waals surface area contributed by atoms with Crippen molar-refractivity contribution >= 4 is 29.0 Å². The maximum absolute atomic E-state index is 13.8. The normalized spacial score (nSPS) is 18.8. The first kappa shape index (κ1) is 21.5. The van der Waals surface area contributed by atoms with Crippen LogP contribution in [0.1, 0.15) is 56.3 Å². The summed E-state index contributed by atoms with van der Waals surface area (Å²) in [5.74, 6) is 0.512. The zero-order valence-corrected chi connectivity index (χ0v) is 19.8. The van der Waals surface area contributed by atoms with Crippen LogP contribution in [0.15, 0.2) is 54.6 Å². The van der Waals surface area contributed by atoms with Gasteiger partial charge in [0, 0.05) is 21.2 Å². The number of carbonyl (C=O) groups is 1. The monoisotopic (exact) mass is 465 g/mol. The van der Waals surface area contributed by atoms with E-state index in [0.717, 1.165) is 42.4 Å². The zero-order chi connectivity index (χ0) is 22.5. The first-order valence-corrected chi connectivity index (χ1v) is 11.9. The third-order valence-corrected chi connectivity index (χ3v) is 7.76. The molecule has 2 aliphatic rings. The van der Waals surface area contributed by atoms with E-state index in [1.165, 1.54) is 6.42 Å². The summed E-state index contributed by atoms with van der Waals surface area (Å²) in [6, 6.07) is 17.1. The van der Waals surface area contributed by atoms with Gasteiger partial charge in [-0.3, -0.25) is 4.79 Å². The second-order valence-corrected chi connectivity index (χ2v) is 10.2. The van der Waals surface area contributed by atoms with Crippen LogP contribution in [0.4, 0.5) is 0 Å². The van der Waals surface area contributed by atoms with Gasteiger partial charge in [0.05, 0.1) is 16.7 Å². The minimum Gasteiger partial charge on any atom is -0.469 e. The number of halogens is 2. The van der Waals surface area contributed by atoms with Crippen LogP contribution in [-0.2, 0) is 0 Å². The molecular weight excluding hydrogens is 441 g/mol. The first-order valence-electron chi connectivity index (χ1n) is 11.1. The van der Waals surface area contributed by atoms with Crippen molar-refractivity contribution in [3.8, 4) is 28.3 Å². The highest BCUT2D eigenvalue weighted by atomic mass is 35.5. The predicted molar refractivity (Wildman–Crippen MR) is 130 cm³/mol. The van der Waals surface area contributed by atoms with E-state index in [4.69, 9.17) is 32.9 Å². The van der Waals surface area contributed by atoms with E-state index in [-0.39, 0.29) is 5.78 Å². The van der Waals surface area contributed by atoms with Gasteiger partial charge in [-0.15, -0.1) is 0 Å². The lowest BCUT2D eigenvalue weighted by molar-refractivity contribution is -0.0656. The van der Waals surface area contributed by atoms with Gasteiger partial charge >= 0.3 is 0 Å². The van der Waals surface area contributed by atoms with Crippen LogP contribution in [0, 0.1) is 5.41 Å². The van der Waals surface area contributed by atoms with Crippen LogP contribution >= 0.6 is 23.2 Å². The van der Waals surface area contributed by atoms with Gasteiger partial charge in [-0.05, 0) is 69.4 Å². The van der Waals surface area contributed by atoms with E-state index < -0.39 is 11.0 Å². The fourth-order valence-corrected chi connectivity index (χ4v) is 5.50. The Hall–Kier alpha value is -2.36. The molecule has 164 valence electrons. The predicted octanol–water partition coefficient (Wildman–Crippen LogP) is 8.03. The van der Waals surface area contributed by atoms with Crippen molar-refractivity contribution in [3.05, 3.63) is 70.2 Å². The van der Waals surface area contributed by atoms with Crippen LogP contribution in [-0.4, -0.2) is 16.4 Å². The molecule has 32 heavy (non-hydrogen) atoms. The molecule has 0 atom stereocenters. The van der Waals surface area contributed by atoms with Crippen molar-refractivity contribution in [1.29, 1.82) is 0 Å². The Bertz CT molecular complexity index is 1190. The molecule has 1 aromatic heterocycles. The molecule has 2 aromatic carbocycles. The number of Topliss-reactive ketones (excluding diaryl/α,β-unsaturated/α-hetero) is 1. The van der Waals surface area contributed by atoms with E-state index in [9.17, 15) is 4.79 Å². The Kier molecular flexibility index (Phi) is 5.30. The SMILES string of the molecule is CC1(C)C(=O)c2cc(-c3ccc(Cl)cc3)c(-c3ccccc3Cl)nc2OC12CCCCC2. The second-order valence-electron chi connectivity index (χ2n) is 9.34. The van der Waals surface area contributed by atoms with Gasteiger partial charge in [0.15, 0.2) is 5.78 Å². The Labute approximate surface area is 198 Å². The maximum Gasteiger partial charge on any atom is 0.225 e. The van der Waals surface area contributed by atoms with Gasteiger partial charge in [-0.2, -0.15) is 0 Å². The summed E-state index contributed by atoms with van der Waals surface area (Å²) in [4.78, 5) is 18.7. The summed E-state index contributed by atoms with van der Waals surface area (Å²) in [7, 11) is 0. The molecule has 1 aliphatic heterocycles. The number of nitrogens with zero attached hydrogens (tertiary/aromatic N) is 1. The number of ether oxygens (including phenoxy) is 1. The molecule has 0 bridgehead atoms. The summed E-state index contributed by atoms with van der Waals surface area (Å²) < 4.78 is 6.66. The van der Waals surface area contributed by atoms with E-state index in [0.29, 0.717) is 27.2 Å². The maximum atomic E-state index is 13.8. The van der Waals surface area contributed by atoms with Crippen LogP contribution in [0.25, 0.3) is 22.4 Å². The average Bonchev–Trinajstić information content (AvgIpc) is 2.79. The van der Waals surface area contributed by atoms with E-state index in [1.54, 1.807) is 0 Å². The summed E-state index contributed by atoms with van der Waals surface area (Å²) in [6.45, 7) is 4.04. The van der Waals surface area contributed by atoms with Crippen LogP contribution in [0.2, 0.25) is 10.0 Å². The number of ketones is 1. The fourth-order valence-electron chi connectivity index (χ4n) is 5.15. The molecule has 0 amide bonds. The molecule has 1 fully saturated rings. The van der Waals surface area contributed by atoms with Gasteiger partial charge in [0.25, 0.3) is 0 Å². The van der Waals surface area contributed by atoms with E-state index in [1.807, 2.05) is 68.4 Å². The van der Waals surface area contributed by atoms with Gasteiger partial charge < -0.3 is 4.74 Å².